The summed E-state index contributed by atoms with van der Waals surface area (Å²) in [5.41, 5.74) is 1.79. The Morgan fingerprint density at radius 2 is 1.77 bits per heavy atom. The fourth-order valence-corrected chi connectivity index (χ4v) is 3.63. The van der Waals surface area contributed by atoms with Crippen molar-refractivity contribution in [1.82, 2.24) is 0 Å². The highest BCUT2D eigenvalue weighted by atomic mass is 32.2. The SMILES string of the molecule is Cc1ccc(F)cc1NC(=O)COC(=O)c1ccccc1Sc1ccccc1C#N. The monoisotopic (exact) mass is 420 g/mol. The Balaban J connectivity index is 1.68. The lowest BCUT2D eigenvalue weighted by Crippen LogP contribution is -2.21. The molecule has 0 unspecified atom stereocenters. The molecule has 30 heavy (non-hydrogen) atoms. The second-order valence-corrected chi connectivity index (χ2v) is 7.37. The molecule has 0 fully saturated rings. The summed E-state index contributed by atoms with van der Waals surface area (Å²) in [7, 11) is 0. The van der Waals surface area contributed by atoms with Gasteiger partial charge in [-0.2, -0.15) is 5.26 Å². The Hall–Kier alpha value is -3.63. The molecule has 3 rings (SSSR count). The van der Waals surface area contributed by atoms with Crippen LogP contribution in [0.5, 0.6) is 0 Å². The molecule has 1 N–H and O–H groups in total. The van der Waals surface area contributed by atoms with Gasteiger partial charge in [0.1, 0.15) is 11.9 Å². The second-order valence-electron chi connectivity index (χ2n) is 6.29. The zero-order valence-corrected chi connectivity index (χ0v) is 16.8. The van der Waals surface area contributed by atoms with E-state index in [4.69, 9.17) is 4.74 Å². The molecule has 0 aliphatic rings. The zero-order valence-electron chi connectivity index (χ0n) is 16.0. The number of anilines is 1. The highest BCUT2D eigenvalue weighted by molar-refractivity contribution is 7.99. The third-order valence-electron chi connectivity index (χ3n) is 4.14. The number of aryl methyl sites for hydroxylation is 1. The van der Waals surface area contributed by atoms with E-state index >= 15 is 0 Å². The predicted octanol–water partition coefficient (Wildman–Crippen LogP) is 4.95. The van der Waals surface area contributed by atoms with E-state index < -0.39 is 24.3 Å². The zero-order chi connectivity index (χ0) is 21.5. The molecule has 0 aliphatic heterocycles. The molecule has 0 radical (unpaired) electrons. The van der Waals surface area contributed by atoms with Gasteiger partial charge in [0.05, 0.1) is 11.1 Å². The van der Waals surface area contributed by atoms with Crippen molar-refractivity contribution in [3.63, 3.8) is 0 Å². The minimum Gasteiger partial charge on any atom is -0.452 e. The lowest BCUT2D eigenvalue weighted by Gasteiger charge is -2.11. The van der Waals surface area contributed by atoms with E-state index in [0.29, 0.717) is 26.6 Å². The first-order valence-corrected chi connectivity index (χ1v) is 9.78. The van der Waals surface area contributed by atoms with Gasteiger partial charge in [-0.3, -0.25) is 4.79 Å². The summed E-state index contributed by atoms with van der Waals surface area (Å²) in [5, 5.41) is 11.8. The Morgan fingerprint density at radius 1 is 1.07 bits per heavy atom. The first-order chi connectivity index (χ1) is 14.5. The van der Waals surface area contributed by atoms with Gasteiger partial charge in [-0.25, -0.2) is 9.18 Å². The molecule has 0 heterocycles. The van der Waals surface area contributed by atoms with E-state index in [1.54, 1.807) is 55.5 Å². The molecule has 3 aromatic carbocycles. The molecule has 7 heteroatoms. The number of carbonyl (C=O) groups excluding carboxylic acids is 2. The largest absolute Gasteiger partial charge is 0.452 e. The van der Waals surface area contributed by atoms with Crippen LogP contribution in [0.2, 0.25) is 0 Å². The van der Waals surface area contributed by atoms with Crippen LogP contribution in [0.1, 0.15) is 21.5 Å². The van der Waals surface area contributed by atoms with Crippen LogP contribution in [-0.4, -0.2) is 18.5 Å². The molecule has 1 amide bonds. The van der Waals surface area contributed by atoms with E-state index in [1.165, 1.54) is 23.9 Å². The number of hydrogen-bond donors (Lipinski definition) is 1. The van der Waals surface area contributed by atoms with Crippen molar-refractivity contribution in [3.05, 3.63) is 89.2 Å². The Labute approximate surface area is 177 Å². The van der Waals surface area contributed by atoms with Gasteiger partial charge in [-0.1, -0.05) is 42.1 Å². The van der Waals surface area contributed by atoms with Crippen LogP contribution in [0, 0.1) is 24.1 Å². The molecular weight excluding hydrogens is 403 g/mol. The van der Waals surface area contributed by atoms with E-state index in [0.717, 1.165) is 0 Å². The normalized spacial score (nSPS) is 10.2. The van der Waals surface area contributed by atoms with Crippen LogP contribution >= 0.6 is 11.8 Å². The van der Waals surface area contributed by atoms with Gasteiger partial charge < -0.3 is 10.1 Å². The van der Waals surface area contributed by atoms with Crippen LogP contribution in [0.15, 0.2) is 76.5 Å². The Morgan fingerprint density at radius 3 is 2.53 bits per heavy atom. The number of benzene rings is 3. The van der Waals surface area contributed by atoms with Crippen molar-refractivity contribution in [3.8, 4) is 6.07 Å². The molecule has 0 spiro atoms. The molecule has 0 aliphatic carbocycles. The standard InChI is InChI=1S/C23H17FN2O3S/c1-15-10-11-17(24)12-19(15)26-22(27)14-29-23(28)18-7-3-5-9-21(18)30-20-8-4-2-6-16(20)13-25/h2-12H,14H2,1H3,(H,26,27). The van der Waals surface area contributed by atoms with E-state index in [1.807, 2.05) is 6.07 Å². The van der Waals surface area contributed by atoms with Crippen molar-refractivity contribution in [2.75, 3.05) is 11.9 Å². The number of rotatable bonds is 6. The summed E-state index contributed by atoms with van der Waals surface area (Å²) in [6.07, 6.45) is 0. The number of amides is 1. The number of nitrogens with zero attached hydrogens (tertiary/aromatic N) is 1. The maximum atomic E-state index is 13.4. The average Bonchev–Trinajstić information content (AvgIpc) is 2.75. The molecule has 0 aromatic heterocycles. The lowest BCUT2D eigenvalue weighted by atomic mass is 10.2. The minimum atomic E-state index is -0.668. The summed E-state index contributed by atoms with van der Waals surface area (Å²) >= 11 is 1.27. The highest BCUT2D eigenvalue weighted by Gasteiger charge is 2.16. The smallest absolute Gasteiger partial charge is 0.339 e. The van der Waals surface area contributed by atoms with Crippen LogP contribution in [0.3, 0.4) is 0 Å². The van der Waals surface area contributed by atoms with E-state index in [2.05, 4.69) is 11.4 Å². The average molecular weight is 420 g/mol. The number of hydrogen-bond acceptors (Lipinski definition) is 5. The number of esters is 1. The fourth-order valence-electron chi connectivity index (χ4n) is 2.61. The predicted molar refractivity (Wildman–Crippen MR) is 112 cm³/mol. The van der Waals surface area contributed by atoms with Crippen molar-refractivity contribution in [2.45, 2.75) is 16.7 Å². The third-order valence-corrected chi connectivity index (χ3v) is 5.29. The van der Waals surface area contributed by atoms with E-state index in [-0.39, 0.29) is 5.56 Å². The van der Waals surface area contributed by atoms with Crippen molar-refractivity contribution in [1.29, 1.82) is 5.26 Å². The van der Waals surface area contributed by atoms with Crippen LogP contribution in [-0.2, 0) is 9.53 Å². The van der Waals surface area contributed by atoms with Gasteiger partial charge in [0.15, 0.2) is 6.61 Å². The quantitative estimate of drug-likeness (QED) is 0.571. The van der Waals surface area contributed by atoms with E-state index in [9.17, 15) is 19.2 Å². The molecule has 0 saturated heterocycles. The maximum absolute atomic E-state index is 13.4. The van der Waals surface area contributed by atoms with Crippen LogP contribution in [0.25, 0.3) is 0 Å². The fraction of sp³-hybridized carbons (Fsp3) is 0.0870. The highest BCUT2D eigenvalue weighted by Crippen LogP contribution is 2.32. The number of carbonyl (C=O) groups is 2. The number of nitriles is 1. The Bertz CT molecular complexity index is 1140. The first-order valence-electron chi connectivity index (χ1n) is 8.97. The summed E-state index contributed by atoms with van der Waals surface area (Å²) in [6.45, 7) is 1.22. The first kappa shape index (κ1) is 21.1. The molecule has 150 valence electrons. The Kier molecular flexibility index (Phi) is 6.83. The van der Waals surface area contributed by atoms with Crippen molar-refractivity contribution >= 4 is 29.3 Å². The van der Waals surface area contributed by atoms with Gasteiger partial charge in [-0.15, -0.1) is 0 Å². The van der Waals surface area contributed by atoms with Gasteiger partial charge in [0, 0.05) is 15.5 Å². The van der Waals surface area contributed by atoms with Gasteiger partial charge in [-0.05, 0) is 48.9 Å². The number of nitrogens with one attached hydrogen (secondary N) is 1. The molecule has 0 saturated carbocycles. The maximum Gasteiger partial charge on any atom is 0.339 e. The van der Waals surface area contributed by atoms with Crippen LogP contribution in [0.4, 0.5) is 10.1 Å². The summed E-state index contributed by atoms with van der Waals surface area (Å²) in [5.74, 6) is -1.72. The third kappa shape index (κ3) is 5.25. The second kappa shape index (κ2) is 9.72. The minimum absolute atomic E-state index is 0.282. The number of halogens is 1. The number of ether oxygens (including phenoxy) is 1. The molecular formula is C23H17FN2O3S. The van der Waals surface area contributed by atoms with Gasteiger partial charge in [0.2, 0.25) is 0 Å². The summed E-state index contributed by atoms with van der Waals surface area (Å²) in [4.78, 5) is 26.0. The lowest BCUT2D eigenvalue weighted by molar-refractivity contribution is -0.119. The summed E-state index contributed by atoms with van der Waals surface area (Å²) in [6, 6.07) is 20.0. The van der Waals surface area contributed by atoms with Crippen molar-refractivity contribution in [2.24, 2.45) is 0 Å². The topological polar surface area (TPSA) is 79.2 Å². The molecule has 5 nitrogen and oxygen atoms in total. The molecule has 0 bridgehead atoms. The van der Waals surface area contributed by atoms with Gasteiger partial charge in [0.25, 0.3) is 5.91 Å². The van der Waals surface area contributed by atoms with Crippen LogP contribution < -0.4 is 5.32 Å². The molecule has 0 atom stereocenters. The van der Waals surface area contributed by atoms with Crippen molar-refractivity contribution < 1.29 is 18.7 Å². The summed E-state index contributed by atoms with van der Waals surface area (Å²) < 4.78 is 18.5. The van der Waals surface area contributed by atoms with Gasteiger partial charge >= 0.3 is 5.97 Å². The molecule has 3 aromatic rings.